The zero-order valence-electron chi connectivity index (χ0n) is 11.4. The summed E-state index contributed by atoms with van der Waals surface area (Å²) in [5.74, 6) is 1.18. The van der Waals surface area contributed by atoms with Crippen molar-refractivity contribution in [3.63, 3.8) is 0 Å². The summed E-state index contributed by atoms with van der Waals surface area (Å²) in [5.41, 5.74) is 0.921. The molecule has 108 valence electrons. The molecule has 1 aromatic heterocycles. The van der Waals surface area contributed by atoms with Crippen LogP contribution >= 0.6 is 34.5 Å². The van der Waals surface area contributed by atoms with E-state index in [1.54, 1.807) is 25.6 Å². The van der Waals surface area contributed by atoms with Gasteiger partial charge in [-0.2, -0.15) is 0 Å². The highest BCUT2D eigenvalue weighted by molar-refractivity contribution is 7.10. The first-order valence-corrected chi connectivity index (χ1v) is 7.58. The summed E-state index contributed by atoms with van der Waals surface area (Å²) in [4.78, 5) is 1.02. The quantitative estimate of drug-likeness (QED) is 0.881. The molecule has 0 amide bonds. The first-order valence-electron chi connectivity index (χ1n) is 5.94. The predicted molar refractivity (Wildman–Crippen MR) is 84.8 cm³/mol. The molecular weight excluding hydrogens is 317 g/mol. The Labute approximate surface area is 132 Å². The summed E-state index contributed by atoms with van der Waals surface area (Å²) >= 11 is 14.1. The van der Waals surface area contributed by atoms with E-state index in [0.29, 0.717) is 16.5 Å². The number of nitrogens with one attached hydrogen (secondary N) is 1. The van der Waals surface area contributed by atoms with Crippen LogP contribution in [-0.2, 0) is 0 Å². The SMILES string of the molecule is CNC(c1ccc(OC)c(Cl)c1OC)c1sccc1Cl. The van der Waals surface area contributed by atoms with Gasteiger partial charge in [0.1, 0.15) is 16.5 Å². The normalized spacial score (nSPS) is 12.2. The third-order valence-electron chi connectivity index (χ3n) is 3.02. The zero-order valence-corrected chi connectivity index (χ0v) is 13.7. The fourth-order valence-corrected chi connectivity index (χ4v) is 3.70. The lowest BCUT2D eigenvalue weighted by Crippen LogP contribution is -2.18. The van der Waals surface area contributed by atoms with Crippen molar-refractivity contribution >= 4 is 34.5 Å². The van der Waals surface area contributed by atoms with Crippen LogP contribution in [0.4, 0.5) is 0 Å². The fourth-order valence-electron chi connectivity index (χ4n) is 2.08. The topological polar surface area (TPSA) is 30.5 Å². The Morgan fingerprint density at radius 1 is 1.15 bits per heavy atom. The Kier molecular flexibility index (Phi) is 5.16. The van der Waals surface area contributed by atoms with Crippen LogP contribution in [-0.4, -0.2) is 21.3 Å². The standard InChI is InChI=1S/C14H15Cl2NO2S/c1-17-12(14-9(15)6-7-20-14)8-4-5-10(18-2)11(16)13(8)19-3/h4-7,12,17H,1-3H3. The molecular formula is C14H15Cl2NO2S. The van der Waals surface area contributed by atoms with Crippen LogP contribution in [0.5, 0.6) is 11.5 Å². The van der Waals surface area contributed by atoms with Crippen LogP contribution in [0.15, 0.2) is 23.6 Å². The highest BCUT2D eigenvalue weighted by Crippen LogP contribution is 2.43. The van der Waals surface area contributed by atoms with Gasteiger partial charge < -0.3 is 14.8 Å². The number of hydrogen-bond donors (Lipinski definition) is 1. The van der Waals surface area contributed by atoms with Crippen molar-refractivity contribution in [3.8, 4) is 11.5 Å². The molecule has 0 radical (unpaired) electrons. The third-order valence-corrected chi connectivity index (χ3v) is 4.80. The first-order chi connectivity index (χ1) is 9.63. The second-order valence-electron chi connectivity index (χ2n) is 4.06. The molecule has 2 aromatic rings. The van der Waals surface area contributed by atoms with Crippen molar-refractivity contribution in [3.05, 3.63) is 44.1 Å². The van der Waals surface area contributed by atoms with Gasteiger partial charge in [-0.1, -0.05) is 23.2 Å². The highest BCUT2D eigenvalue weighted by atomic mass is 35.5. The van der Waals surface area contributed by atoms with Gasteiger partial charge in [0.05, 0.1) is 25.3 Å². The van der Waals surface area contributed by atoms with E-state index >= 15 is 0 Å². The minimum absolute atomic E-state index is 0.0825. The van der Waals surface area contributed by atoms with E-state index < -0.39 is 0 Å². The number of benzene rings is 1. The molecule has 0 saturated carbocycles. The average molecular weight is 332 g/mol. The van der Waals surface area contributed by atoms with Gasteiger partial charge in [0, 0.05) is 10.4 Å². The Balaban J connectivity index is 2.56. The number of rotatable bonds is 5. The van der Waals surface area contributed by atoms with E-state index in [-0.39, 0.29) is 6.04 Å². The van der Waals surface area contributed by atoms with Gasteiger partial charge in [0.25, 0.3) is 0 Å². The second kappa shape index (κ2) is 6.68. The summed E-state index contributed by atoms with van der Waals surface area (Å²) in [5, 5.41) is 6.39. The van der Waals surface area contributed by atoms with E-state index in [1.807, 2.05) is 30.6 Å². The molecule has 0 aliphatic carbocycles. The van der Waals surface area contributed by atoms with Gasteiger partial charge >= 0.3 is 0 Å². The van der Waals surface area contributed by atoms with Crippen LogP contribution in [0, 0.1) is 0 Å². The lowest BCUT2D eigenvalue weighted by molar-refractivity contribution is 0.389. The minimum atomic E-state index is -0.0825. The Morgan fingerprint density at radius 3 is 2.40 bits per heavy atom. The molecule has 1 atom stereocenters. The Hall–Kier alpha value is -0.940. The molecule has 0 bridgehead atoms. The maximum absolute atomic E-state index is 6.31. The van der Waals surface area contributed by atoms with Crippen LogP contribution < -0.4 is 14.8 Å². The lowest BCUT2D eigenvalue weighted by atomic mass is 10.0. The van der Waals surface area contributed by atoms with Gasteiger partial charge in [-0.25, -0.2) is 0 Å². The van der Waals surface area contributed by atoms with Crippen molar-refractivity contribution in [2.75, 3.05) is 21.3 Å². The highest BCUT2D eigenvalue weighted by Gasteiger charge is 2.23. The fraction of sp³-hybridized carbons (Fsp3) is 0.286. The van der Waals surface area contributed by atoms with E-state index in [4.69, 9.17) is 32.7 Å². The van der Waals surface area contributed by atoms with Crippen LogP contribution in [0.3, 0.4) is 0 Å². The number of methoxy groups -OCH3 is 2. The maximum atomic E-state index is 6.31. The van der Waals surface area contributed by atoms with Gasteiger partial charge in [-0.05, 0) is 30.6 Å². The van der Waals surface area contributed by atoms with Crippen molar-refractivity contribution in [2.45, 2.75) is 6.04 Å². The smallest absolute Gasteiger partial charge is 0.146 e. The Bertz CT molecular complexity index is 601. The number of hydrogen-bond acceptors (Lipinski definition) is 4. The largest absolute Gasteiger partial charge is 0.495 e. The molecule has 1 heterocycles. The lowest BCUT2D eigenvalue weighted by Gasteiger charge is -2.20. The molecule has 0 saturated heterocycles. The zero-order chi connectivity index (χ0) is 14.7. The van der Waals surface area contributed by atoms with Gasteiger partial charge in [-0.15, -0.1) is 11.3 Å². The van der Waals surface area contributed by atoms with Gasteiger partial charge in [0.2, 0.25) is 0 Å². The molecule has 1 aromatic carbocycles. The van der Waals surface area contributed by atoms with Crippen molar-refractivity contribution in [1.82, 2.24) is 5.32 Å². The minimum Gasteiger partial charge on any atom is -0.495 e. The molecule has 0 aliphatic rings. The molecule has 2 rings (SSSR count). The molecule has 3 nitrogen and oxygen atoms in total. The summed E-state index contributed by atoms with van der Waals surface area (Å²) in [6, 6.07) is 5.55. The molecule has 0 fully saturated rings. The van der Waals surface area contributed by atoms with E-state index in [2.05, 4.69) is 5.32 Å². The number of halogens is 2. The summed E-state index contributed by atoms with van der Waals surface area (Å²) in [7, 11) is 5.04. The molecule has 6 heteroatoms. The molecule has 1 unspecified atom stereocenters. The van der Waals surface area contributed by atoms with Crippen LogP contribution in [0.25, 0.3) is 0 Å². The van der Waals surface area contributed by atoms with Gasteiger partial charge in [0.15, 0.2) is 0 Å². The maximum Gasteiger partial charge on any atom is 0.146 e. The number of ether oxygens (including phenoxy) is 2. The molecule has 20 heavy (non-hydrogen) atoms. The molecule has 0 aliphatic heterocycles. The summed E-state index contributed by atoms with van der Waals surface area (Å²) < 4.78 is 10.7. The second-order valence-corrected chi connectivity index (χ2v) is 5.79. The Morgan fingerprint density at radius 2 is 1.90 bits per heavy atom. The average Bonchev–Trinajstić information content (AvgIpc) is 2.86. The van der Waals surface area contributed by atoms with Gasteiger partial charge in [-0.3, -0.25) is 0 Å². The first kappa shape index (κ1) is 15.4. The number of thiophene rings is 1. The molecule has 0 spiro atoms. The van der Waals surface area contributed by atoms with E-state index in [9.17, 15) is 0 Å². The van der Waals surface area contributed by atoms with Crippen LogP contribution in [0.1, 0.15) is 16.5 Å². The third kappa shape index (κ3) is 2.74. The summed E-state index contributed by atoms with van der Waals surface area (Å²) in [6.45, 7) is 0. The van der Waals surface area contributed by atoms with E-state index in [0.717, 1.165) is 15.5 Å². The summed E-state index contributed by atoms with van der Waals surface area (Å²) in [6.07, 6.45) is 0. The van der Waals surface area contributed by atoms with Crippen molar-refractivity contribution in [2.24, 2.45) is 0 Å². The molecule has 1 N–H and O–H groups in total. The van der Waals surface area contributed by atoms with Crippen molar-refractivity contribution < 1.29 is 9.47 Å². The van der Waals surface area contributed by atoms with E-state index in [1.165, 1.54) is 0 Å². The monoisotopic (exact) mass is 331 g/mol. The predicted octanol–water partition coefficient (Wildman–Crippen LogP) is 4.38. The van der Waals surface area contributed by atoms with Crippen molar-refractivity contribution in [1.29, 1.82) is 0 Å². The van der Waals surface area contributed by atoms with Crippen LogP contribution in [0.2, 0.25) is 10.0 Å².